The van der Waals surface area contributed by atoms with Crippen LogP contribution in [0.1, 0.15) is 55.5 Å². The molecule has 6 nitrogen and oxygen atoms in total. The summed E-state index contributed by atoms with van der Waals surface area (Å²) in [7, 11) is 0. The van der Waals surface area contributed by atoms with Crippen molar-refractivity contribution in [3.8, 4) is 0 Å². The van der Waals surface area contributed by atoms with Crippen LogP contribution in [-0.2, 0) is 33.8 Å². The highest BCUT2D eigenvalue weighted by Gasteiger charge is 2.26. The molecule has 164 valence electrons. The van der Waals surface area contributed by atoms with Gasteiger partial charge in [-0.15, -0.1) is 11.3 Å². The van der Waals surface area contributed by atoms with Crippen LogP contribution in [0.5, 0.6) is 0 Å². The second-order valence-electron chi connectivity index (χ2n) is 7.18. The Bertz CT molecular complexity index is 826. The number of thiophene rings is 1. The van der Waals surface area contributed by atoms with E-state index >= 15 is 0 Å². The summed E-state index contributed by atoms with van der Waals surface area (Å²) in [5, 5.41) is 3.82. The van der Waals surface area contributed by atoms with Gasteiger partial charge in [0.1, 0.15) is 5.76 Å². The van der Waals surface area contributed by atoms with E-state index in [9.17, 15) is 9.59 Å². The Hall–Kier alpha value is -2.38. The maximum absolute atomic E-state index is 12.6. The summed E-state index contributed by atoms with van der Waals surface area (Å²) in [5.74, 6) is 0.761. The normalized spacial score (nSPS) is 13.6. The van der Waals surface area contributed by atoms with Crippen molar-refractivity contribution in [2.24, 2.45) is 5.73 Å². The topological polar surface area (TPSA) is 84.7 Å². The minimum Gasteiger partial charge on any atom is -0.494 e. The summed E-state index contributed by atoms with van der Waals surface area (Å²) in [4.78, 5) is 27.8. The van der Waals surface area contributed by atoms with Crippen LogP contribution in [-0.4, -0.2) is 29.9 Å². The highest BCUT2D eigenvalue weighted by Crippen LogP contribution is 2.37. The van der Waals surface area contributed by atoms with Crippen LogP contribution in [0.25, 0.3) is 0 Å². The predicted molar refractivity (Wildman–Crippen MR) is 123 cm³/mol. The fraction of sp³-hybridized carbons (Fsp3) is 0.478. The SMILES string of the molecule is C=C/C=C(/OCC)C(=C)CCC(=O)Nc1sc2c(c1CN)CCN(C(=O)CCC)C2. The van der Waals surface area contributed by atoms with Gasteiger partial charge < -0.3 is 20.7 Å². The number of allylic oxidation sites excluding steroid dienone is 3. The van der Waals surface area contributed by atoms with E-state index in [0.717, 1.165) is 33.9 Å². The minimum absolute atomic E-state index is 0.0854. The zero-order valence-electron chi connectivity index (χ0n) is 18.1. The van der Waals surface area contributed by atoms with E-state index in [1.807, 2.05) is 18.7 Å². The largest absolute Gasteiger partial charge is 0.494 e. The van der Waals surface area contributed by atoms with Gasteiger partial charge in [0.15, 0.2) is 0 Å². The second kappa shape index (κ2) is 11.7. The molecule has 7 heteroatoms. The third kappa shape index (κ3) is 6.06. The third-order valence-corrected chi connectivity index (χ3v) is 6.19. The first kappa shape index (κ1) is 23.9. The molecular weight excluding hydrogens is 398 g/mol. The van der Waals surface area contributed by atoms with E-state index in [2.05, 4.69) is 18.5 Å². The molecule has 0 saturated heterocycles. The third-order valence-electron chi connectivity index (χ3n) is 5.01. The Morgan fingerprint density at radius 3 is 2.70 bits per heavy atom. The molecule has 0 atom stereocenters. The van der Waals surface area contributed by atoms with E-state index in [1.54, 1.807) is 12.2 Å². The number of amides is 2. The number of anilines is 1. The van der Waals surface area contributed by atoms with Gasteiger partial charge in [0.25, 0.3) is 0 Å². The van der Waals surface area contributed by atoms with E-state index in [4.69, 9.17) is 10.5 Å². The number of hydrogen-bond donors (Lipinski definition) is 2. The van der Waals surface area contributed by atoms with Crippen LogP contribution >= 0.6 is 11.3 Å². The van der Waals surface area contributed by atoms with Gasteiger partial charge in [-0.2, -0.15) is 0 Å². The maximum atomic E-state index is 12.6. The van der Waals surface area contributed by atoms with Crippen LogP contribution < -0.4 is 11.1 Å². The fourth-order valence-corrected chi connectivity index (χ4v) is 4.79. The van der Waals surface area contributed by atoms with Gasteiger partial charge in [-0.05, 0) is 43.4 Å². The zero-order valence-corrected chi connectivity index (χ0v) is 18.9. The lowest BCUT2D eigenvalue weighted by Gasteiger charge is -2.27. The average Bonchev–Trinajstić information content (AvgIpc) is 3.07. The van der Waals surface area contributed by atoms with Crippen molar-refractivity contribution in [1.82, 2.24) is 4.90 Å². The Balaban J connectivity index is 2.02. The van der Waals surface area contributed by atoms with E-state index in [1.165, 1.54) is 16.9 Å². The molecule has 1 aromatic rings. The van der Waals surface area contributed by atoms with Crippen molar-refractivity contribution in [3.05, 3.63) is 52.6 Å². The van der Waals surface area contributed by atoms with Gasteiger partial charge in [-0.1, -0.05) is 26.2 Å². The monoisotopic (exact) mass is 431 g/mol. The van der Waals surface area contributed by atoms with E-state index in [-0.39, 0.29) is 11.8 Å². The molecule has 1 aromatic heterocycles. The van der Waals surface area contributed by atoms with Gasteiger partial charge in [-0.25, -0.2) is 0 Å². The molecule has 0 aliphatic carbocycles. The molecule has 0 spiro atoms. The van der Waals surface area contributed by atoms with Crippen molar-refractivity contribution >= 4 is 28.2 Å². The summed E-state index contributed by atoms with van der Waals surface area (Å²) in [6, 6.07) is 0. The van der Waals surface area contributed by atoms with Gasteiger partial charge in [0.05, 0.1) is 18.2 Å². The Morgan fingerprint density at radius 2 is 2.07 bits per heavy atom. The summed E-state index contributed by atoms with van der Waals surface area (Å²) in [5.41, 5.74) is 8.94. The first-order chi connectivity index (χ1) is 14.4. The van der Waals surface area contributed by atoms with Crippen LogP contribution in [0.2, 0.25) is 0 Å². The molecular formula is C23H33N3O3S. The van der Waals surface area contributed by atoms with Crippen molar-refractivity contribution in [2.45, 2.75) is 59.0 Å². The molecule has 1 aliphatic heterocycles. The Kier molecular flexibility index (Phi) is 9.33. The average molecular weight is 432 g/mol. The Labute approximate surface area is 183 Å². The standard InChI is InChI=1S/C23H33N3O3S/c1-5-8-19(29-7-3)16(4)10-11-21(27)25-23-18(14-24)17-12-13-26(15-20(17)30-23)22(28)9-6-2/h5,8H,1,4,6-7,9-15,24H2,2-3H3,(H,25,27)/b19-8+. The van der Waals surface area contributed by atoms with Crippen molar-refractivity contribution in [2.75, 3.05) is 18.5 Å². The smallest absolute Gasteiger partial charge is 0.225 e. The number of ether oxygens (including phenoxy) is 1. The molecule has 0 radical (unpaired) electrons. The maximum Gasteiger partial charge on any atom is 0.225 e. The number of hydrogen-bond acceptors (Lipinski definition) is 5. The van der Waals surface area contributed by atoms with Crippen LogP contribution in [0.4, 0.5) is 5.00 Å². The van der Waals surface area contributed by atoms with Gasteiger partial charge in [-0.3, -0.25) is 9.59 Å². The van der Waals surface area contributed by atoms with Gasteiger partial charge in [0, 0.05) is 36.4 Å². The Morgan fingerprint density at radius 1 is 1.30 bits per heavy atom. The molecule has 0 aromatic carbocycles. The van der Waals surface area contributed by atoms with Crippen molar-refractivity contribution in [3.63, 3.8) is 0 Å². The summed E-state index contributed by atoms with van der Waals surface area (Å²) in [6.45, 7) is 13.8. The molecule has 0 fully saturated rings. The fourth-order valence-electron chi connectivity index (χ4n) is 3.48. The molecule has 0 saturated carbocycles. The van der Waals surface area contributed by atoms with E-state index in [0.29, 0.717) is 51.3 Å². The lowest BCUT2D eigenvalue weighted by molar-refractivity contribution is -0.132. The van der Waals surface area contributed by atoms with Crippen LogP contribution in [0.15, 0.2) is 36.6 Å². The van der Waals surface area contributed by atoms with E-state index < -0.39 is 0 Å². The molecule has 2 rings (SSSR count). The highest BCUT2D eigenvalue weighted by molar-refractivity contribution is 7.16. The van der Waals surface area contributed by atoms with Gasteiger partial charge >= 0.3 is 0 Å². The van der Waals surface area contributed by atoms with Crippen molar-refractivity contribution in [1.29, 1.82) is 0 Å². The number of carbonyl (C=O) groups excluding carboxylic acids is 2. The van der Waals surface area contributed by atoms with Crippen molar-refractivity contribution < 1.29 is 14.3 Å². The number of carbonyl (C=O) groups is 2. The number of nitrogens with one attached hydrogen (secondary N) is 1. The highest BCUT2D eigenvalue weighted by atomic mass is 32.1. The predicted octanol–water partition coefficient (Wildman–Crippen LogP) is 4.27. The molecule has 2 heterocycles. The van der Waals surface area contributed by atoms with Crippen LogP contribution in [0.3, 0.4) is 0 Å². The summed E-state index contributed by atoms with van der Waals surface area (Å²) in [6.07, 6.45) is 6.40. The zero-order chi connectivity index (χ0) is 22.1. The minimum atomic E-state index is -0.0854. The second-order valence-corrected chi connectivity index (χ2v) is 8.29. The molecule has 2 amide bonds. The molecule has 30 heavy (non-hydrogen) atoms. The molecule has 0 bridgehead atoms. The number of nitrogens with two attached hydrogens (primary N) is 1. The first-order valence-corrected chi connectivity index (χ1v) is 11.3. The number of nitrogens with zero attached hydrogens (tertiary/aromatic N) is 1. The van der Waals surface area contributed by atoms with Crippen LogP contribution in [0, 0.1) is 0 Å². The summed E-state index contributed by atoms with van der Waals surface area (Å²) >= 11 is 1.53. The number of rotatable bonds is 11. The lowest BCUT2D eigenvalue weighted by atomic mass is 10.0. The molecule has 3 N–H and O–H groups in total. The molecule has 0 unspecified atom stereocenters. The quantitative estimate of drug-likeness (QED) is 0.405. The lowest BCUT2D eigenvalue weighted by Crippen LogP contribution is -2.35. The van der Waals surface area contributed by atoms with Gasteiger partial charge in [0.2, 0.25) is 11.8 Å². The molecule has 1 aliphatic rings. The summed E-state index contributed by atoms with van der Waals surface area (Å²) < 4.78 is 5.54. The number of fused-ring (bicyclic) bond motifs is 1. The first-order valence-electron chi connectivity index (χ1n) is 10.5.